The van der Waals surface area contributed by atoms with E-state index in [0.717, 1.165) is 27.4 Å². The molecule has 1 saturated carbocycles. The van der Waals surface area contributed by atoms with E-state index in [-0.39, 0.29) is 16.8 Å². The Morgan fingerprint density at radius 3 is 2.52 bits per heavy atom. The second kappa shape index (κ2) is 7.61. The molecule has 0 amide bonds. The lowest BCUT2D eigenvalue weighted by Crippen LogP contribution is -2.39. The molecule has 0 aliphatic heterocycles. The van der Waals surface area contributed by atoms with Crippen LogP contribution in [0.5, 0.6) is 0 Å². The molecule has 4 aromatic rings. The minimum atomic E-state index is -3.82. The van der Waals surface area contributed by atoms with Crippen molar-refractivity contribution in [3.8, 4) is 11.4 Å². The van der Waals surface area contributed by atoms with E-state index in [2.05, 4.69) is 30.6 Å². The zero-order valence-electron chi connectivity index (χ0n) is 16.4. The van der Waals surface area contributed by atoms with Crippen molar-refractivity contribution in [3.63, 3.8) is 0 Å². The van der Waals surface area contributed by atoms with Gasteiger partial charge < -0.3 is 0 Å². The van der Waals surface area contributed by atoms with E-state index < -0.39 is 15.8 Å². The Hall–Kier alpha value is -2.43. The molecule has 1 aliphatic carbocycles. The fourth-order valence-corrected chi connectivity index (χ4v) is 7.83. The van der Waals surface area contributed by atoms with Gasteiger partial charge >= 0.3 is 5.76 Å². The monoisotopic (exact) mass is 519 g/mol. The van der Waals surface area contributed by atoms with E-state index in [9.17, 15) is 13.2 Å². The maximum absolute atomic E-state index is 13.8. The van der Waals surface area contributed by atoms with Gasteiger partial charge in [-0.15, -0.1) is 11.3 Å². The molecule has 1 fully saturated rings. The first-order valence-corrected chi connectivity index (χ1v) is 12.8. The molecule has 1 N–H and O–H groups in total. The molecule has 160 valence electrons. The molecule has 10 heteroatoms. The van der Waals surface area contributed by atoms with Crippen LogP contribution in [0.15, 0.2) is 67.2 Å². The summed E-state index contributed by atoms with van der Waals surface area (Å²) in [5.41, 5.74) is 0.564. The Kier molecular flexibility index (Phi) is 5.03. The molecule has 0 saturated heterocycles. The van der Waals surface area contributed by atoms with Crippen LogP contribution < -0.4 is 10.1 Å². The number of aromatic nitrogens is 2. The summed E-state index contributed by atoms with van der Waals surface area (Å²) in [7, 11) is -3.82. The highest BCUT2D eigenvalue weighted by Crippen LogP contribution is 2.47. The minimum absolute atomic E-state index is 0.166. The topological polar surface area (TPSA) is 96.3 Å². The van der Waals surface area contributed by atoms with Crippen LogP contribution in [0.25, 0.3) is 21.5 Å². The second-order valence-corrected chi connectivity index (χ2v) is 11.2. The Morgan fingerprint density at radius 1 is 1.19 bits per heavy atom. The first kappa shape index (κ1) is 20.5. The van der Waals surface area contributed by atoms with Gasteiger partial charge in [0.1, 0.15) is 5.00 Å². The third-order valence-corrected chi connectivity index (χ3v) is 9.77. The van der Waals surface area contributed by atoms with Crippen molar-refractivity contribution in [2.75, 3.05) is 4.31 Å². The molecule has 5 rings (SSSR count). The van der Waals surface area contributed by atoms with E-state index in [1.807, 2.05) is 31.2 Å². The lowest BCUT2D eigenvalue weighted by molar-refractivity contribution is 0.388. The quantitative estimate of drug-likeness (QED) is 0.386. The van der Waals surface area contributed by atoms with E-state index in [0.29, 0.717) is 16.5 Å². The predicted molar refractivity (Wildman–Crippen MR) is 124 cm³/mol. The molecule has 0 radical (unpaired) electrons. The number of hydrogen-bond donors (Lipinski definition) is 1. The molecule has 1 aliphatic rings. The number of benzene rings is 2. The van der Waals surface area contributed by atoms with E-state index in [4.69, 9.17) is 0 Å². The SMILES string of the molecule is CC(C1CC1)N(c1sc2ccccc2c1Br)S(=O)(=O)c1ccc(-c2noc(=O)[nH]2)cc1. The Balaban J connectivity index is 1.60. The zero-order valence-corrected chi connectivity index (χ0v) is 19.6. The minimum Gasteiger partial charge on any atom is -0.296 e. The molecule has 2 heterocycles. The molecular weight excluding hydrogens is 502 g/mol. The van der Waals surface area contributed by atoms with Crippen LogP contribution in [0, 0.1) is 5.92 Å². The molecule has 0 spiro atoms. The fraction of sp³-hybridized carbons (Fsp3) is 0.238. The van der Waals surface area contributed by atoms with Gasteiger partial charge in [-0.25, -0.2) is 13.2 Å². The zero-order chi connectivity index (χ0) is 21.8. The van der Waals surface area contributed by atoms with Crippen molar-refractivity contribution in [2.45, 2.75) is 30.7 Å². The predicted octanol–water partition coefficient (Wildman–Crippen LogP) is 5.00. The van der Waals surface area contributed by atoms with Gasteiger partial charge in [-0.3, -0.25) is 13.8 Å². The van der Waals surface area contributed by atoms with Gasteiger partial charge in [-0.05, 0) is 71.9 Å². The highest BCUT2D eigenvalue weighted by Gasteiger charge is 2.40. The van der Waals surface area contributed by atoms with Gasteiger partial charge in [-0.1, -0.05) is 23.4 Å². The summed E-state index contributed by atoms with van der Waals surface area (Å²) in [6.45, 7) is 1.97. The largest absolute Gasteiger partial charge is 0.439 e. The number of nitrogens with zero attached hydrogens (tertiary/aromatic N) is 2. The summed E-state index contributed by atoms with van der Waals surface area (Å²) in [5, 5.41) is 5.33. The van der Waals surface area contributed by atoms with Crippen LogP contribution in [-0.2, 0) is 10.0 Å². The van der Waals surface area contributed by atoms with Crippen molar-refractivity contribution in [2.24, 2.45) is 5.92 Å². The number of H-pyrrole nitrogens is 1. The third-order valence-electron chi connectivity index (χ3n) is 5.52. The number of nitrogens with one attached hydrogen (secondary N) is 1. The van der Waals surface area contributed by atoms with Crippen molar-refractivity contribution in [1.29, 1.82) is 0 Å². The number of fused-ring (bicyclic) bond motifs is 1. The number of aromatic amines is 1. The lowest BCUT2D eigenvalue weighted by atomic mass is 10.2. The maximum atomic E-state index is 13.8. The number of hydrogen-bond acceptors (Lipinski definition) is 6. The van der Waals surface area contributed by atoms with Crippen molar-refractivity contribution in [3.05, 3.63) is 63.6 Å². The van der Waals surface area contributed by atoms with Crippen LogP contribution in [0.1, 0.15) is 19.8 Å². The van der Waals surface area contributed by atoms with Gasteiger partial charge in [0.15, 0.2) is 5.82 Å². The number of anilines is 1. The van der Waals surface area contributed by atoms with Crippen LogP contribution in [-0.4, -0.2) is 24.6 Å². The Bertz CT molecular complexity index is 1420. The lowest BCUT2D eigenvalue weighted by Gasteiger charge is -2.30. The van der Waals surface area contributed by atoms with Gasteiger partial charge in [0.25, 0.3) is 10.0 Å². The van der Waals surface area contributed by atoms with Crippen molar-refractivity contribution >= 4 is 52.4 Å². The molecule has 7 nitrogen and oxygen atoms in total. The maximum Gasteiger partial charge on any atom is 0.439 e. The van der Waals surface area contributed by atoms with Crippen LogP contribution in [0.4, 0.5) is 5.00 Å². The number of thiophene rings is 1. The normalized spacial score (nSPS) is 15.3. The highest BCUT2D eigenvalue weighted by molar-refractivity contribution is 9.10. The Labute approximate surface area is 190 Å². The van der Waals surface area contributed by atoms with E-state index in [1.165, 1.54) is 23.5 Å². The number of rotatable bonds is 6. The fourth-order valence-electron chi connectivity index (χ4n) is 3.68. The first-order chi connectivity index (χ1) is 14.9. The van der Waals surface area contributed by atoms with E-state index >= 15 is 0 Å². The van der Waals surface area contributed by atoms with Crippen LogP contribution in [0.3, 0.4) is 0 Å². The van der Waals surface area contributed by atoms with E-state index in [1.54, 1.807) is 16.4 Å². The van der Waals surface area contributed by atoms with Gasteiger partial charge in [0, 0.05) is 21.7 Å². The highest BCUT2D eigenvalue weighted by atomic mass is 79.9. The Morgan fingerprint density at radius 2 is 1.90 bits per heavy atom. The summed E-state index contributed by atoms with van der Waals surface area (Å²) < 4.78 is 35.5. The third kappa shape index (κ3) is 3.62. The molecule has 1 unspecified atom stereocenters. The van der Waals surface area contributed by atoms with Gasteiger partial charge in [-0.2, -0.15) is 0 Å². The van der Waals surface area contributed by atoms with Crippen LogP contribution in [0.2, 0.25) is 0 Å². The average Bonchev–Trinajstić information content (AvgIpc) is 3.46. The molecule has 31 heavy (non-hydrogen) atoms. The number of halogens is 1. The summed E-state index contributed by atoms with van der Waals surface area (Å²) in [6.07, 6.45) is 2.04. The number of sulfonamides is 1. The summed E-state index contributed by atoms with van der Waals surface area (Å²) in [6, 6.07) is 14.0. The molecule has 1 atom stereocenters. The molecule has 2 aromatic carbocycles. The average molecular weight is 520 g/mol. The van der Waals surface area contributed by atoms with Gasteiger partial charge in [0.2, 0.25) is 0 Å². The molecule has 0 bridgehead atoms. The molecular formula is C21H18BrN3O4S2. The smallest absolute Gasteiger partial charge is 0.296 e. The summed E-state index contributed by atoms with van der Waals surface area (Å²) >= 11 is 5.12. The molecule has 2 aromatic heterocycles. The van der Waals surface area contributed by atoms with Crippen LogP contribution >= 0.6 is 27.3 Å². The van der Waals surface area contributed by atoms with Gasteiger partial charge in [0.05, 0.1) is 9.37 Å². The van der Waals surface area contributed by atoms with Crippen molar-refractivity contribution < 1.29 is 12.9 Å². The summed E-state index contributed by atoms with van der Waals surface area (Å²) in [5.74, 6) is -0.0680. The second-order valence-electron chi connectivity index (χ2n) is 7.56. The standard InChI is InChI=1S/C21H18BrN3O4S2/c1-12(13-6-7-13)25(20-18(22)16-4-2-3-5-17(16)30-20)31(27,28)15-10-8-14(9-11-15)19-23-21(26)29-24-19/h2-5,8-13H,6-7H2,1H3,(H,23,24,26). The summed E-state index contributed by atoms with van der Waals surface area (Å²) in [4.78, 5) is 13.8. The van der Waals surface area contributed by atoms with Crippen molar-refractivity contribution in [1.82, 2.24) is 10.1 Å². The first-order valence-electron chi connectivity index (χ1n) is 9.74.